The average molecular weight is 433 g/mol. The number of halogens is 2. The number of rotatable bonds is 7. The van der Waals surface area contributed by atoms with Crippen molar-refractivity contribution in [3.05, 3.63) is 39.6 Å². The first-order valence-electron chi connectivity index (χ1n) is 8.40. The van der Waals surface area contributed by atoms with Gasteiger partial charge in [0.05, 0.1) is 11.4 Å². The maximum Gasteiger partial charge on any atom is 0.246 e. The molecule has 0 saturated carbocycles. The fourth-order valence-corrected chi connectivity index (χ4v) is 5.22. The highest BCUT2D eigenvalue weighted by Crippen LogP contribution is 2.24. The number of amides is 1. The van der Waals surface area contributed by atoms with Crippen LogP contribution in [-0.4, -0.2) is 41.5 Å². The van der Waals surface area contributed by atoms with Gasteiger partial charge in [-0.1, -0.05) is 37.0 Å². The molecule has 0 aliphatic heterocycles. The molecule has 0 aliphatic carbocycles. The third kappa shape index (κ3) is 4.82. The van der Waals surface area contributed by atoms with Crippen LogP contribution >= 0.6 is 23.2 Å². The molecule has 0 fully saturated rings. The van der Waals surface area contributed by atoms with Crippen molar-refractivity contribution in [1.29, 1.82) is 0 Å². The van der Waals surface area contributed by atoms with E-state index in [0.29, 0.717) is 40.2 Å². The molecule has 148 valence electrons. The van der Waals surface area contributed by atoms with Crippen LogP contribution < -0.4 is 5.32 Å². The van der Waals surface area contributed by atoms with E-state index in [9.17, 15) is 13.2 Å². The number of hydrogen-bond acceptors (Lipinski definition) is 4. The summed E-state index contributed by atoms with van der Waals surface area (Å²) in [6, 6.07) is 4.70. The molecule has 0 atom stereocenters. The molecule has 2 aromatic rings. The molecule has 1 amide bonds. The summed E-state index contributed by atoms with van der Waals surface area (Å²) in [5.41, 5.74) is 1.23. The zero-order chi connectivity index (χ0) is 20.4. The summed E-state index contributed by atoms with van der Waals surface area (Å²) in [5.74, 6) is -0.370. The van der Waals surface area contributed by atoms with Gasteiger partial charge in [0.1, 0.15) is 11.4 Å². The molecule has 0 aliphatic rings. The van der Waals surface area contributed by atoms with E-state index < -0.39 is 10.0 Å². The largest absolute Gasteiger partial charge is 0.324 e. The van der Waals surface area contributed by atoms with E-state index in [1.165, 1.54) is 8.99 Å². The fraction of sp³-hybridized carbons (Fsp3) is 0.412. The highest BCUT2D eigenvalue weighted by atomic mass is 35.5. The second kappa shape index (κ2) is 8.60. The van der Waals surface area contributed by atoms with Gasteiger partial charge in [0.25, 0.3) is 0 Å². The van der Waals surface area contributed by atoms with Crippen molar-refractivity contribution in [1.82, 2.24) is 14.1 Å². The molecule has 0 radical (unpaired) electrons. The molecule has 0 unspecified atom stereocenters. The number of carbonyl (C=O) groups excluding carboxylic acids is 1. The summed E-state index contributed by atoms with van der Waals surface area (Å²) in [4.78, 5) is 12.5. The molecular weight excluding hydrogens is 411 g/mol. The first-order valence-corrected chi connectivity index (χ1v) is 10.6. The van der Waals surface area contributed by atoms with Gasteiger partial charge in [0.15, 0.2) is 0 Å². The standard InChI is InChI=1S/C17H22Cl2N4O3S/c1-5-22(6-2)27(25,26)17-11(3)21-23(12(17)4)10-16(24)20-15-8-13(18)7-14(19)9-15/h7-9H,5-6,10H2,1-4H3,(H,20,24). The summed E-state index contributed by atoms with van der Waals surface area (Å²) < 4.78 is 28.4. The van der Waals surface area contributed by atoms with Crippen LogP contribution in [0.15, 0.2) is 23.1 Å². The van der Waals surface area contributed by atoms with E-state index in [2.05, 4.69) is 10.4 Å². The molecule has 7 nitrogen and oxygen atoms in total. The second-order valence-electron chi connectivity index (χ2n) is 5.95. The Labute approximate surface area is 169 Å². The maximum absolute atomic E-state index is 12.8. The third-order valence-corrected chi connectivity index (χ3v) is 6.80. The van der Waals surface area contributed by atoms with Crippen LogP contribution in [0.4, 0.5) is 5.69 Å². The summed E-state index contributed by atoms with van der Waals surface area (Å²) in [5, 5.41) is 7.72. The van der Waals surface area contributed by atoms with Crippen molar-refractivity contribution >= 4 is 44.8 Å². The fourth-order valence-electron chi connectivity index (χ4n) is 2.86. The van der Waals surface area contributed by atoms with Gasteiger partial charge < -0.3 is 5.32 Å². The second-order valence-corrected chi connectivity index (χ2v) is 8.70. The van der Waals surface area contributed by atoms with Gasteiger partial charge in [-0.25, -0.2) is 8.42 Å². The Balaban J connectivity index is 2.27. The Morgan fingerprint density at radius 1 is 1.15 bits per heavy atom. The molecule has 0 spiro atoms. The van der Waals surface area contributed by atoms with Gasteiger partial charge in [-0.3, -0.25) is 9.48 Å². The van der Waals surface area contributed by atoms with Crippen LogP contribution in [0.2, 0.25) is 10.0 Å². The zero-order valence-corrected chi connectivity index (χ0v) is 17.9. The summed E-state index contributed by atoms with van der Waals surface area (Å²) in [6.07, 6.45) is 0. The maximum atomic E-state index is 12.8. The van der Waals surface area contributed by atoms with Gasteiger partial charge in [0.2, 0.25) is 15.9 Å². The Morgan fingerprint density at radius 3 is 2.22 bits per heavy atom. The highest BCUT2D eigenvalue weighted by Gasteiger charge is 2.29. The molecule has 0 saturated heterocycles. The average Bonchev–Trinajstić information content (AvgIpc) is 2.81. The summed E-state index contributed by atoms with van der Waals surface area (Å²) >= 11 is 11.9. The first kappa shape index (κ1) is 21.7. The lowest BCUT2D eigenvalue weighted by atomic mass is 10.3. The van der Waals surface area contributed by atoms with E-state index in [-0.39, 0.29) is 17.3 Å². The van der Waals surface area contributed by atoms with Crippen LogP contribution in [0.1, 0.15) is 25.2 Å². The van der Waals surface area contributed by atoms with Crippen LogP contribution in [0.25, 0.3) is 0 Å². The topological polar surface area (TPSA) is 84.3 Å². The van der Waals surface area contributed by atoms with Crippen molar-refractivity contribution in [3.63, 3.8) is 0 Å². The van der Waals surface area contributed by atoms with Gasteiger partial charge in [-0.05, 0) is 32.0 Å². The molecule has 2 rings (SSSR count). The van der Waals surface area contributed by atoms with Gasteiger partial charge >= 0.3 is 0 Å². The number of nitrogens with one attached hydrogen (secondary N) is 1. The van der Waals surface area contributed by atoms with Crippen molar-refractivity contribution in [3.8, 4) is 0 Å². The molecule has 1 N–H and O–H groups in total. The number of aryl methyl sites for hydroxylation is 1. The minimum atomic E-state index is -3.66. The van der Waals surface area contributed by atoms with Crippen LogP contribution in [0, 0.1) is 13.8 Å². The van der Waals surface area contributed by atoms with Gasteiger partial charge in [-0.15, -0.1) is 0 Å². The number of benzene rings is 1. The van der Waals surface area contributed by atoms with E-state index >= 15 is 0 Å². The Morgan fingerprint density at radius 2 is 1.70 bits per heavy atom. The van der Waals surface area contributed by atoms with E-state index in [4.69, 9.17) is 23.2 Å². The zero-order valence-electron chi connectivity index (χ0n) is 15.6. The smallest absolute Gasteiger partial charge is 0.246 e. The monoisotopic (exact) mass is 432 g/mol. The van der Waals surface area contributed by atoms with Gasteiger partial charge in [-0.2, -0.15) is 9.40 Å². The Hall–Kier alpha value is -1.61. The lowest BCUT2D eigenvalue weighted by molar-refractivity contribution is -0.116. The highest BCUT2D eigenvalue weighted by molar-refractivity contribution is 7.89. The van der Waals surface area contributed by atoms with Crippen LogP contribution in [0.5, 0.6) is 0 Å². The van der Waals surface area contributed by atoms with Crippen LogP contribution in [-0.2, 0) is 21.4 Å². The van der Waals surface area contributed by atoms with E-state index in [0.717, 1.165) is 0 Å². The minimum Gasteiger partial charge on any atom is -0.324 e. The lowest BCUT2D eigenvalue weighted by Gasteiger charge is -2.18. The number of hydrogen-bond donors (Lipinski definition) is 1. The number of nitrogens with zero attached hydrogens (tertiary/aromatic N) is 3. The minimum absolute atomic E-state index is 0.134. The first-order chi connectivity index (χ1) is 12.6. The van der Waals surface area contributed by atoms with Crippen molar-refractivity contribution < 1.29 is 13.2 Å². The van der Waals surface area contributed by atoms with Crippen molar-refractivity contribution in [2.45, 2.75) is 39.1 Å². The number of sulfonamides is 1. The Kier molecular flexibility index (Phi) is 6.91. The SMILES string of the molecule is CCN(CC)S(=O)(=O)c1c(C)nn(CC(=O)Nc2cc(Cl)cc(Cl)c2)c1C. The van der Waals surface area contributed by atoms with Gasteiger partial charge in [0, 0.05) is 28.8 Å². The summed E-state index contributed by atoms with van der Waals surface area (Å²) in [7, 11) is -3.66. The van der Waals surface area contributed by atoms with E-state index in [1.54, 1.807) is 45.9 Å². The lowest BCUT2D eigenvalue weighted by Crippen LogP contribution is -2.31. The molecule has 1 aromatic carbocycles. The molecule has 1 heterocycles. The molecular formula is C17H22Cl2N4O3S. The normalized spacial score (nSPS) is 11.8. The third-order valence-electron chi connectivity index (χ3n) is 4.06. The quantitative estimate of drug-likeness (QED) is 0.725. The Bertz CT molecular complexity index is 933. The predicted octanol–water partition coefficient (Wildman–Crippen LogP) is 3.48. The summed E-state index contributed by atoms with van der Waals surface area (Å²) in [6.45, 7) is 7.40. The predicted molar refractivity (Wildman–Crippen MR) is 107 cm³/mol. The number of carbonyl (C=O) groups is 1. The number of anilines is 1. The van der Waals surface area contributed by atoms with Crippen LogP contribution in [0.3, 0.4) is 0 Å². The molecule has 0 bridgehead atoms. The van der Waals surface area contributed by atoms with E-state index in [1.807, 2.05) is 0 Å². The molecule has 27 heavy (non-hydrogen) atoms. The molecule has 1 aromatic heterocycles. The van der Waals surface area contributed by atoms with Crippen molar-refractivity contribution in [2.75, 3.05) is 18.4 Å². The van der Waals surface area contributed by atoms with Crippen molar-refractivity contribution in [2.24, 2.45) is 0 Å². The number of aromatic nitrogens is 2. The molecule has 10 heteroatoms.